The Morgan fingerprint density at radius 1 is 1.32 bits per heavy atom. The van der Waals surface area contributed by atoms with Crippen molar-refractivity contribution in [2.24, 2.45) is 0 Å². The summed E-state index contributed by atoms with van der Waals surface area (Å²) in [6, 6.07) is 11.1. The van der Waals surface area contributed by atoms with E-state index >= 15 is 0 Å². The minimum atomic E-state index is 0.439. The molecule has 1 aromatic rings. The Balaban J connectivity index is 2.36. The third-order valence-corrected chi connectivity index (χ3v) is 3.03. The van der Waals surface area contributed by atoms with Gasteiger partial charge >= 0.3 is 0 Å². The standard InChI is InChI=1S/C17H27NO/c1-4-5-11-17(16-9-7-6-8-10-16)18-12-13-19-14-15(2)3/h6-10,17-18H,2,4-5,11-14H2,1,3H3. The lowest BCUT2D eigenvalue weighted by molar-refractivity contribution is 0.155. The van der Waals surface area contributed by atoms with Crippen LogP contribution in [0.5, 0.6) is 0 Å². The highest BCUT2D eigenvalue weighted by atomic mass is 16.5. The molecule has 0 amide bonds. The van der Waals surface area contributed by atoms with Crippen LogP contribution in [0.25, 0.3) is 0 Å². The van der Waals surface area contributed by atoms with Crippen LogP contribution in [0, 0.1) is 0 Å². The van der Waals surface area contributed by atoms with Gasteiger partial charge in [-0.15, -0.1) is 0 Å². The molecule has 0 radical (unpaired) electrons. The molecule has 1 aromatic carbocycles. The molecule has 1 rings (SSSR count). The highest BCUT2D eigenvalue weighted by Crippen LogP contribution is 2.18. The van der Waals surface area contributed by atoms with E-state index in [0.717, 1.165) is 18.7 Å². The average molecular weight is 261 g/mol. The second-order valence-corrected chi connectivity index (χ2v) is 5.07. The summed E-state index contributed by atoms with van der Waals surface area (Å²) in [4.78, 5) is 0. The first kappa shape index (κ1) is 15.9. The minimum Gasteiger partial charge on any atom is -0.376 e. The summed E-state index contributed by atoms with van der Waals surface area (Å²) in [7, 11) is 0. The van der Waals surface area contributed by atoms with Crippen molar-refractivity contribution in [3.63, 3.8) is 0 Å². The van der Waals surface area contributed by atoms with Crippen molar-refractivity contribution in [3.05, 3.63) is 48.0 Å². The molecular weight excluding hydrogens is 234 g/mol. The molecule has 2 heteroatoms. The summed E-state index contributed by atoms with van der Waals surface area (Å²) in [5, 5.41) is 3.59. The van der Waals surface area contributed by atoms with Crippen LogP contribution in [0.4, 0.5) is 0 Å². The monoisotopic (exact) mass is 261 g/mol. The number of rotatable bonds is 10. The Hall–Kier alpha value is -1.12. The quantitative estimate of drug-likeness (QED) is 0.506. The Labute approximate surface area is 117 Å². The van der Waals surface area contributed by atoms with Crippen molar-refractivity contribution in [2.45, 2.75) is 39.2 Å². The van der Waals surface area contributed by atoms with Crippen LogP contribution >= 0.6 is 0 Å². The van der Waals surface area contributed by atoms with E-state index in [1.165, 1.54) is 24.8 Å². The summed E-state index contributed by atoms with van der Waals surface area (Å²) in [6.07, 6.45) is 3.66. The van der Waals surface area contributed by atoms with E-state index in [-0.39, 0.29) is 0 Å². The lowest BCUT2D eigenvalue weighted by Gasteiger charge is -2.19. The molecular formula is C17H27NO. The average Bonchev–Trinajstić information content (AvgIpc) is 2.42. The van der Waals surface area contributed by atoms with E-state index in [1.54, 1.807) is 0 Å². The molecule has 1 N–H and O–H groups in total. The first-order chi connectivity index (χ1) is 9.24. The zero-order chi connectivity index (χ0) is 13.9. The lowest BCUT2D eigenvalue weighted by Crippen LogP contribution is -2.25. The largest absolute Gasteiger partial charge is 0.376 e. The van der Waals surface area contributed by atoms with Crippen LogP contribution in [-0.4, -0.2) is 19.8 Å². The van der Waals surface area contributed by atoms with Crippen LogP contribution < -0.4 is 5.32 Å². The molecule has 0 aromatic heterocycles. The van der Waals surface area contributed by atoms with Gasteiger partial charge in [-0.2, -0.15) is 0 Å². The van der Waals surface area contributed by atoms with Crippen molar-refractivity contribution < 1.29 is 4.74 Å². The SMILES string of the molecule is C=C(C)COCCNC(CCCC)c1ccccc1. The van der Waals surface area contributed by atoms with Crippen LogP contribution in [0.1, 0.15) is 44.7 Å². The Bertz CT molecular complexity index is 348. The van der Waals surface area contributed by atoms with E-state index in [0.29, 0.717) is 12.6 Å². The molecule has 2 nitrogen and oxygen atoms in total. The fraction of sp³-hybridized carbons (Fsp3) is 0.529. The number of benzene rings is 1. The molecule has 0 aliphatic heterocycles. The molecule has 0 bridgehead atoms. The summed E-state index contributed by atoms with van der Waals surface area (Å²) in [6.45, 7) is 10.3. The van der Waals surface area contributed by atoms with Crippen molar-refractivity contribution in [3.8, 4) is 0 Å². The van der Waals surface area contributed by atoms with Gasteiger partial charge in [0.05, 0.1) is 13.2 Å². The van der Waals surface area contributed by atoms with Gasteiger partial charge < -0.3 is 10.1 Å². The number of unbranched alkanes of at least 4 members (excludes halogenated alkanes) is 1. The van der Waals surface area contributed by atoms with Gasteiger partial charge in [-0.3, -0.25) is 0 Å². The third-order valence-electron chi connectivity index (χ3n) is 3.03. The van der Waals surface area contributed by atoms with Gasteiger partial charge in [0.1, 0.15) is 0 Å². The van der Waals surface area contributed by atoms with Crippen LogP contribution in [-0.2, 0) is 4.74 Å². The Morgan fingerprint density at radius 2 is 2.05 bits per heavy atom. The summed E-state index contributed by atoms with van der Waals surface area (Å²) >= 11 is 0. The number of nitrogens with one attached hydrogen (secondary N) is 1. The van der Waals surface area contributed by atoms with Crippen LogP contribution in [0.15, 0.2) is 42.5 Å². The number of hydrogen-bond acceptors (Lipinski definition) is 2. The molecule has 1 atom stereocenters. The van der Waals surface area contributed by atoms with E-state index in [9.17, 15) is 0 Å². The molecule has 0 aliphatic rings. The van der Waals surface area contributed by atoms with Crippen molar-refractivity contribution in [2.75, 3.05) is 19.8 Å². The predicted octanol–water partition coefficient (Wildman–Crippen LogP) is 4.10. The zero-order valence-electron chi connectivity index (χ0n) is 12.3. The van der Waals surface area contributed by atoms with Gasteiger partial charge in [-0.05, 0) is 18.9 Å². The second-order valence-electron chi connectivity index (χ2n) is 5.07. The Kier molecular flexibility index (Phi) is 8.19. The first-order valence-corrected chi connectivity index (χ1v) is 7.24. The van der Waals surface area contributed by atoms with Gasteiger partial charge in [0.15, 0.2) is 0 Å². The van der Waals surface area contributed by atoms with E-state index in [2.05, 4.69) is 49.2 Å². The van der Waals surface area contributed by atoms with Crippen LogP contribution in [0.2, 0.25) is 0 Å². The van der Waals surface area contributed by atoms with Crippen molar-refractivity contribution in [1.82, 2.24) is 5.32 Å². The normalized spacial score (nSPS) is 12.3. The highest BCUT2D eigenvalue weighted by Gasteiger charge is 2.09. The Morgan fingerprint density at radius 3 is 2.68 bits per heavy atom. The highest BCUT2D eigenvalue weighted by molar-refractivity contribution is 5.18. The van der Waals surface area contributed by atoms with Crippen LogP contribution in [0.3, 0.4) is 0 Å². The van der Waals surface area contributed by atoms with Crippen molar-refractivity contribution in [1.29, 1.82) is 0 Å². The fourth-order valence-corrected chi connectivity index (χ4v) is 2.03. The lowest BCUT2D eigenvalue weighted by atomic mass is 10.0. The van der Waals surface area contributed by atoms with E-state index in [4.69, 9.17) is 4.74 Å². The maximum atomic E-state index is 5.52. The maximum Gasteiger partial charge on any atom is 0.0672 e. The molecule has 1 unspecified atom stereocenters. The number of ether oxygens (including phenoxy) is 1. The summed E-state index contributed by atoms with van der Waals surface area (Å²) in [5.74, 6) is 0. The van der Waals surface area contributed by atoms with Gasteiger partial charge in [0, 0.05) is 12.6 Å². The first-order valence-electron chi connectivity index (χ1n) is 7.24. The maximum absolute atomic E-state index is 5.52. The zero-order valence-corrected chi connectivity index (χ0v) is 12.3. The number of hydrogen-bond donors (Lipinski definition) is 1. The molecule has 0 heterocycles. The van der Waals surface area contributed by atoms with Gasteiger partial charge in [-0.1, -0.05) is 62.2 Å². The molecule has 0 aliphatic carbocycles. The molecule has 0 saturated heterocycles. The third kappa shape index (κ3) is 7.14. The molecule has 106 valence electrons. The smallest absolute Gasteiger partial charge is 0.0672 e. The molecule has 0 saturated carbocycles. The fourth-order valence-electron chi connectivity index (χ4n) is 2.03. The van der Waals surface area contributed by atoms with E-state index < -0.39 is 0 Å². The van der Waals surface area contributed by atoms with E-state index in [1.807, 2.05) is 6.92 Å². The predicted molar refractivity (Wildman–Crippen MR) is 82.3 cm³/mol. The molecule has 19 heavy (non-hydrogen) atoms. The molecule has 0 spiro atoms. The van der Waals surface area contributed by atoms with Crippen molar-refractivity contribution >= 4 is 0 Å². The minimum absolute atomic E-state index is 0.439. The van der Waals surface area contributed by atoms with Gasteiger partial charge in [-0.25, -0.2) is 0 Å². The molecule has 0 fully saturated rings. The van der Waals surface area contributed by atoms with Gasteiger partial charge in [0.25, 0.3) is 0 Å². The summed E-state index contributed by atoms with van der Waals surface area (Å²) in [5.41, 5.74) is 2.45. The second kappa shape index (κ2) is 9.76. The van der Waals surface area contributed by atoms with Gasteiger partial charge in [0.2, 0.25) is 0 Å². The topological polar surface area (TPSA) is 21.3 Å². The summed E-state index contributed by atoms with van der Waals surface area (Å²) < 4.78 is 5.52.